The molecular formula is C14H19FO. The Bertz CT molecular complexity index is 312. The van der Waals surface area contributed by atoms with E-state index in [1.165, 1.54) is 0 Å². The quantitative estimate of drug-likeness (QED) is 0.757. The molecule has 0 amide bonds. The van der Waals surface area contributed by atoms with Crippen molar-refractivity contribution in [2.75, 3.05) is 0 Å². The summed E-state index contributed by atoms with van der Waals surface area (Å²) in [6.45, 7) is 2.56. The molecule has 3 atom stereocenters. The maximum absolute atomic E-state index is 13.5. The molecule has 1 aliphatic carbocycles. The molecule has 16 heavy (non-hydrogen) atoms. The fourth-order valence-corrected chi connectivity index (χ4v) is 2.29. The van der Waals surface area contributed by atoms with Crippen molar-refractivity contribution in [3.8, 4) is 0 Å². The van der Waals surface area contributed by atoms with Crippen molar-refractivity contribution in [3.63, 3.8) is 0 Å². The van der Waals surface area contributed by atoms with E-state index >= 15 is 0 Å². The number of benzene rings is 1. The minimum Gasteiger partial charge on any atom is -0.373 e. The Labute approximate surface area is 96.6 Å². The molecule has 0 bridgehead atoms. The van der Waals surface area contributed by atoms with Gasteiger partial charge in [-0.2, -0.15) is 0 Å². The minimum absolute atomic E-state index is 0.0393. The highest BCUT2D eigenvalue weighted by Gasteiger charge is 2.30. The first-order chi connectivity index (χ1) is 7.77. The number of halogens is 1. The smallest absolute Gasteiger partial charge is 0.105 e. The van der Waals surface area contributed by atoms with Gasteiger partial charge in [0.15, 0.2) is 0 Å². The monoisotopic (exact) mass is 222 g/mol. The summed E-state index contributed by atoms with van der Waals surface area (Å²) in [5, 5.41) is 0. The van der Waals surface area contributed by atoms with Gasteiger partial charge in [0.05, 0.1) is 12.7 Å². The van der Waals surface area contributed by atoms with Crippen molar-refractivity contribution in [1.29, 1.82) is 0 Å². The molecular weight excluding hydrogens is 203 g/mol. The van der Waals surface area contributed by atoms with E-state index in [0.717, 1.165) is 18.4 Å². The molecule has 2 rings (SSSR count). The van der Waals surface area contributed by atoms with Crippen molar-refractivity contribution >= 4 is 0 Å². The molecule has 1 saturated carbocycles. The van der Waals surface area contributed by atoms with Crippen LogP contribution in [-0.4, -0.2) is 12.3 Å². The Morgan fingerprint density at radius 2 is 2.00 bits per heavy atom. The average Bonchev–Trinajstić information content (AvgIpc) is 2.32. The van der Waals surface area contributed by atoms with Crippen LogP contribution in [0, 0.1) is 5.92 Å². The topological polar surface area (TPSA) is 9.23 Å². The molecule has 1 aromatic carbocycles. The van der Waals surface area contributed by atoms with Crippen LogP contribution in [0.2, 0.25) is 0 Å². The lowest BCUT2D eigenvalue weighted by atomic mass is 9.86. The lowest BCUT2D eigenvalue weighted by Crippen LogP contribution is -2.33. The Hall–Kier alpha value is -0.890. The van der Waals surface area contributed by atoms with E-state index in [-0.39, 0.29) is 12.0 Å². The normalized spacial score (nSPS) is 30.2. The van der Waals surface area contributed by atoms with Crippen LogP contribution < -0.4 is 0 Å². The van der Waals surface area contributed by atoms with Crippen LogP contribution in [0.1, 0.15) is 31.7 Å². The number of hydrogen-bond donors (Lipinski definition) is 0. The fourth-order valence-electron chi connectivity index (χ4n) is 2.29. The highest BCUT2D eigenvalue weighted by atomic mass is 19.1. The second kappa shape index (κ2) is 5.44. The standard InChI is InChI=1S/C14H19FO/c1-11-13(15)8-5-9-14(11)16-10-12-6-3-2-4-7-12/h2-4,6-7,11,13-14H,5,8-10H2,1H3/t11-,13-,14+/m1/s1. The summed E-state index contributed by atoms with van der Waals surface area (Å²) >= 11 is 0. The molecule has 1 fully saturated rings. The lowest BCUT2D eigenvalue weighted by Gasteiger charge is -2.31. The molecule has 0 radical (unpaired) electrons. The molecule has 0 saturated heterocycles. The summed E-state index contributed by atoms with van der Waals surface area (Å²) in [6.07, 6.45) is 2.05. The number of ether oxygens (including phenoxy) is 1. The van der Waals surface area contributed by atoms with Crippen molar-refractivity contribution < 1.29 is 9.13 Å². The highest BCUT2D eigenvalue weighted by molar-refractivity contribution is 5.13. The number of alkyl halides is 1. The summed E-state index contributed by atoms with van der Waals surface area (Å²) < 4.78 is 19.3. The minimum atomic E-state index is -0.686. The Kier molecular flexibility index (Phi) is 3.94. The van der Waals surface area contributed by atoms with E-state index in [0.29, 0.717) is 13.0 Å². The zero-order valence-electron chi connectivity index (χ0n) is 9.73. The highest BCUT2D eigenvalue weighted by Crippen LogP contribution is 2.29. The first-order valence-corrected chi connectivity index (χ1v) is 6.07. The molecule has 0 N–H and O–H groups in total. The molecule has 2 heteroatoms. The molecule has 0 spiro atoms. The van der Waals surface area contributed by atoms with Crippen molar-refractivity contribution in [3.05, 3.63) is 35.9 Å². The van der Waals surface area contributed by atoms with Gasteiger partial charge in [-0.15, -0.1) is 0 Å². The van der Waals surface area contributed by atoms with Crippen LogP contribution in [0.5, 0.6) is 0 Å². The summed E-state index contributed by atoms with van der Waals surface area (Å²) in [7, 11) is 0. The van der Waals surface area contributed by atoms with E-state index in [9.17, 15) is 4.39 Å². The molecule has 1 aromatic rings. The van der Waals surface area contributed by atoms with Crippen LogP contribution in [0.3, 0.4) is 0 Å². The number of rotatable bonds is 3. The van der Waals surface area contributed by atoms with Crippen LogP contribution >= 0.6 is 0 Å². The third-order valence-corrected chi connectivity index (χ3v) is 3.43. The van der Waals surface area contributed by atoms with Crippen LogP contribution in [-0.2, 0) is 11.3 Å². The van der Waals surface area contributed by atoms with Gasteiger partial charge in [-0.25, -0.2) is 4.39 Å². The second-order valence-corrected chi connectivity index (χ2v) is 4.64. The average molecular weight is 222 g/mol. The van der Waals surface area contributed by atoms with Gasteiger partial charge in [-0.1, -0.05) is 37.3 Å². The molecule has 0 unspecified atom stereocenters. The maximum atomic E-state index is 13.5. The molecule has 1 nitrogen and oxygen atoms in total. The third-order valence-electron chi connectivity index (χ3n) is 3.43. The van der Waals surface area contributed by atoms with E-state index in [1.54, 1.807) is 0 Å². The predicted octanol–water partition coefficient (Wildman–Crippen LogP) is 3.73. The van der Waals surface area contributed by atoms with Crippen molar-refractivity contribution in [1.82, 2.24) is 0 Å². The van der Waals surface area contributed by atoms with Crippen LogP contribution in [0.25, 0.3) is 0 Å². The fraction of sp³-hybridized carbons (Fsp3) is 0.571. The first kappa shape index (κ1) is 11.6. The summed E-state index contributed by atoms with van der Waals surface area (Å²) in [5.41, 5.74) is 1.16. The van der Waals surface area contributed by atoms with Crippen molar-refractivity contribution in [2.24, 2.45) is 5.92 Å². The Morgan fingerprint density at radius 3 is 2.75 bits per heavy atom. The van der Waals surface area contributed by atoms with E-state index < -0.39 is 6.17 Å². The van der Waals surface area contributed by atoms with Gasteiger partial charge in [0, 0.05) is 5.92 Å². The third kappa shape index (κ3) is 2.82. The van der Waals surface area contributed by atoms with Crippen LogP contribution in [0.15, 0.2) is 30.3 Å². The van der Waals surface area contributed by atoms with Gasteiger partial charge in [0.1, 0.15) is 6.17 Å². The van der Waals surface area contributed by atoms with E-state index in [4.69, 9.17) is 4.74 Å². The molecule has 0 heterocycles. The Balaban J connectivity index is 1.85. The summed E-state index contributed by atoms with van der Waals surface area (Å²) in [6, 6.07) is 10.1. The number of hydrogen-bond acceptors (Lipinski definition) is 1. The zero-order valence-corrected chi connectivity index (χ0v) is 9.73. The predicted molar refractivity (Wildman–Crippen MR) is 62.9 cm³/mol. The van der Waals surface area contributed by atoms with Gasteiger partial charge >= 0.3 is 0 Å². The van der Waals surface area contributed by atoms with E-state index in [1.807, 2.05) is 37.3 Å². The summed E-state index contributed by atoms with van der Waals surface area (Å²) in [4.78, 5) is 0. The summed E-state index contributed by atoms with van der Waals surface area (Å²) in [5.74, 6) is 0.0393. The van der Waals surface area contributed by atoms with Gasteiger partial charge in [-0.05, 0) is 24.8 Å². The molecule has 1 aliphatic rings. The molecule has 0 aliphatic heterocycles. The van der Waals surface area contributed by atoms with Gasteiger partial charge in [0.25, 0.3) is 0 Å². The Morgan fingerprint density at radius 1 is 1.25 bits per heavy atom. The molecule has 88 valence electrons. The van der Waals surface area contributed by atoms with Gasteiger partial charge in [0.2, 0.25) is 0 Å². The van der Waals surface area contributed by atoms with Gasteiger partial charge < -0.3 is 4.74 Å². The van der Waals surface area contributed by atoms with Crippen LogP contribution in [0.4, 0.5) is 4.39 Å². The van der Waals surface area contributed by atoms with E-state index in [2.05, 4.69) is 0 Å². The van der Waals surface area contributed by atoms with Gasteiger partial charge in [-0.3, -0.25) is 0 Å². The zero-order chi connectivity index (χ0) is 11.4. The first-order valence-electron chi connectivity index (χ1n) is 6.07. The molecule has 0 aromatic heterocycles. The second-order valence-electron chi connectivity index (χ2n) is 4.64. The maximum Gasteiger partial charge on any atom is 0.105 e. The largest absolute Gasteiger partial charge is 0.373 e. The lowest BCUT2D eigenvalue weighted by molar-refractivity contribution is -0.0432. The SMILES string of the molecule is C[C@@H]1[C@H](F)CCC[C@@H]1OCc1ccccc1. The van der Waals surface area contributed by atoms with Crippen molar-refractivity contribution in [2.45, 2.75) is 45.1 Å².